The molecule has 0 aromatic heterocycles. The predicted octanol–water partition coefficient (Wildman–Crippen LogP) is 8.11. The van der Waals surface area contributed by atoms with Gasteiger partial charge in [-0.2, -0.15) is 0 Å². The minimum Gasteiger partial charge on any atom is -0.490 e. The fourth-order valence-corrected chi connectivity index (χ4v) is 7.78. The number of ether oxygens (including phenoxy) is 2. The van der Waals surface area contributed by atoms with E-state index in [1.165, 1.54) is 0 Å². The van der Waals surface area contributed by atoms with Crippen molar-refractivity contribution < 1.29 is 23.9 Å². The number of amides is 1. The number of allylic oxidation sites excluding steroid dienone is 4. The van der Waals surface area contributed by atoms with Gasteiger partial charge in [0.05, 0.1) is 10.2 Å². The third-order valence-electron chi connectivity index (χ3n) is 8.82. The lowest BCUT2D eigenvalue weighted by Crippen LogP contribution is -2.44. The van der Waals surface area contributed by atoms with E-state index >= 15 is 0 Å². The minimum absolute atomic E-state index is 0.109. The van der Waals surface area contributed by atoms with E-state index in [0.29, 0.717) is 36.6 Å². The monoisotopic (exact) mass is 724 g/mol. The van der Waals surface area contributed by atoms with Gasteiger partial charge in [0.2, 0.25) is 0 Å². The van der Waals surface area contributed by atoms with Crippen LogP contribution in [0.5, 0.6) is 11.5 Å². The normalized spacial score (nSPS) is 19.3. The lowest BCUT2D eigenvalue weighted by Gasteiger charge is -2.49. The molecule has 0 saturated heterocycles. The molecule has 2 aliphatic carbocycles. The summed E-state index contributed by atoms with van der Waals surface area (Å²) in [4.78, 5) is 43.2. The molecule has 7 nitrogen and oxygen atoms in total. The molecule has 0 atom stereocenters. The summed E-state index contributed by atoms with van der Waals surface area (Å²) in [6.07, 6.45) is 3.36. The summed E-state index contributed by atoms with van der Waals surface area (Å²) in [5.41, 5.74) is 5.95. The van der Waals surface area contributed by atoms with E-state index in [1.54, 1.807) is 0 Å². The molecule has 0 bridgehead atoms. The molecule has 45 heavy (non-hydrogen) atoms. The fourth-order valence-electron chi connectivity index (χ4n) is 7.00. The van der Waals surface area contributed by atoms with Gasteiger partial charge in [0.15, 0.2) is 29.7 Å². The number of anilines is 1. The molecule has 0 fully saturated rings. The van der Waals surface area contributed by atoms with Gasteiger partial charge in [-0.25, -0.2) is 0 Å². The van der Waals surface area contributed by atoms with Crippen molar-refractivity contribution in [3.63, 3.8) is 0 Å². The molecule has 3 aliphatic rings. The SMILES string of the molecule is CCCN1C2=C(C(=O)CC(C)(C)C2)C(c2cc(I)c(OCC(=O)Nc3ccc(C)cc3)c(OCC)c2)C2=C1CC(C)(C)CC2=O. The van der Waals surface area contributed by atoms with E-state index < -0.39 is 5.92 Å². The van der Waals surface area contributed by atoms with Crippen LogP contribution in [0, 0.1) is 21.3 Å². The van der Waals surface area contributed by atoms with Crippen molar-refractivity contribution in [2.45, 2.75) is 86.5 Å². The second-order valence-electron chi connectivity index (χ2n) is 14.2. The van der Waals surface area contributed by atoms with Gasteiger partial charge in [-0.3, -0.25) is 14.4 Å². The number of Topliss-reactive ketones (excluding diaryl/α,β-unsaturated/α-hetero) is 2. The highest BCUT2D eigenvalue weighted by molar-refractivity contribution is 14.1. The standard InChI is InChI=1S/C37H45IN2O5/c1-8-14-40-26-17-36(4,5)19-28(41)33(26)32(34-27(40)18-37(6,7)20-29(34)42)23-15-25(38)35(30(16-23)44-9-2)45-21-31(43)39-24-12-10-22(3)11-13-24/h10-13,15-16,32H,8-9,14,17-21H2,1-7H3,(H,39,43). The van der Waals surface area contributed by atoms with Gasteiger partial charge >= 0.3 is 0 Å². The summed E-state index contributed by atoms with van der Waals surface area (Å²) < 4.78 is 12.9. The van der Waals surface area contributed by atoms with E-state index in [9.17, 15) is 14.4 Å². The number of carbonyl (C=O) groups excluding carboxylic acids is 3. The zero-order valence-electron chi connectivity index (χ0n) is 27.6. The Hall–Kier alpha value is -3.14. The molecule has 0 spiro atoms. The van der Waals surface area contributed by atoms with Crippen LogP contribution in [0.3, 0.4) is 0 Å². The Morgan fingerprint density at radius 3 is 2.02 bits per heavy atom. The van der Waals surface area contributed by atoms with Crippen LogP contribution in [0.15, 0.2) is 58.9 Å². The molecule has 1 amide bonds. The molecule has 5 rings (SSSR count). The van der Waals surface area contributed by atoms with Crippen LogP contribution < -0.4 is 14.8 Å². The lowest BCUT2D eigenvalue weighted by atomic mass is 9.63. The smallest absolute Gasteiger partial charge is 0.262 e. The Morgan fingerprint density at radius 2 is 1.49 bits per heavy atom. The highest BCUT2D eigenvalue weighted by Gasteiger charge is 2.49. The molecule has 8 heteroatoms. The molecular formula is C37H45IN2O5. The van der Waals surface area contributed by atoms with Crippen LogP contribution in [0.25, 0.3) is 0 Å². The second kappa shape index (κ2) is 12.9. The van der Waals surface area contributed by atoms with E-state index in [-0.39, 0.29) is 34.9 Å². The molecule has 0 radical (unpaired) electrons. The number of hydrogen-bond acceptors (Lipinski definition) is 6. The van der Waals surface area contributed by atoms with E-state index in [0.717, 1.165) is 63.0 Å². The maximum absolute atomic E-state index is 14.1. The minimum atomic E-state index is -0.470. The third-order valence-corrected chi connectivity index (χ3v) is 9.62. The van der Waals surface area contributed by atoms with Gasteiger partial charge in [0.25, 0.3) is 5.91 Å². The average Bonchev–Trinajstić information content (AvgIpc) is 2.93. The Balaban J connectivity index is 1.57. The highest BCUT2D eigenvalue weighted by atomic mass is 127. The largest absolute Gasteiger partial charge is 0.490 e. The van der Waals surface area contributed by atoms with Gasteiger partial charge in [-0.1, -0.05) is 52.3 Å². The number of aryl methyl sites for hydroxylation is 1. The summed E-state index contributed by atoms with van der Waals surface area (Å²) in [6, 6.07) is 11.5. The Bertz CT molecular complexity index is 1530. The van der Waals surface area contributed by atoms with Crippen molar-refractivity contribution in [3.8, 4) is 11.5 Å². The van der Waals surface area contributed by atoms with Crippen molar-refractivity contribution >= 4 is 45.8 Å². The van der Waals surface area contributed by atoms with Crippen LogP contribution in [0.1, 0.15) is 90.7 Å². The van der Waals surface area contributed by atoms with Crippen LogP contribution in [0.4, 0.5) is 5.69 Å². The van der Waals surface area contributed by atoms with Gasteiger partial charge < -0.3 is 19.7 Å². The first-order valence-corrected chi connectivity index (χ1v) is 17.1. The summed E-state index contributed by atoms with van der Waals surface area (Å²) in [5, 5.41) is 2.87. The maximum Gasteiger partial charge on any atom is 0.262 e. The zero-order valence-corrected chi connectivity index (χ0v) is 29.7. The number of ketones is 2. The van der Waals surface area contributed by atoms with Gasteiger partial charge in [-0.05, 0) is 96.4 Å². The molecule has 2 aromatic carbocycles. The molecule has 0 unspecified atom stereocenters. The first-order chi connectivity index (χ1) is 21.2. The van der Waals surface area contributed by atoms with Gasteiger partial charge in [-0.15, -0.1) is 0 Å². The number of benzene rings is 2. The Kier molecular flexibility index (Phi) is 9.55. The fraction of sp³-hybridized carbons (Fsp3) is 0.486. The molecule has 0 saturated carbocycles. The summed E-state index contributed by atoms with van der Waals surface area (Å²) in [5.74, 6) is 0.436. The highest BCUT2D eigenvalue weighted by Crippen LogP contribution is 2.55. The van der Waals surface area contributed by atoms with Crippen LogP contribution in [-0.2, 0) is 14.4 Å². The van der Waals surface area contributed by atoms with E-state index in [2.05, 4.69) is 67.4 Å². The van der Waals surface area contributed by atoms with Crippen LogP contribution in [-0.4, -0.2) is 42.1 Å². The van der Waals surface area contributed by atoms with Crippen molar-refractivity contribution in [2.24, 2.45) is 10.8 Å². The number of nitrogens with zero attached hydrogens (tertiary/aromatic N) is 1. The van der Waals surface area contributed by atoms with Crippen molar-refractivity contribution in [1.29, 1.82) is 0 Å². The van der Waals surface area contributed by atoms with E-state index in [1.807, 2.05) is 50.2 Å². The first kappa shape index (κ1) is 33.2. The summed E-state index contributed by atoms with van der Waals surface area (Å²) in [7, 11) is 0. The number of nitrogens with one attached hydrogen (secondary N) is 1. The number of carbonyl (C=O) groups is 3. The summed E-state index contributed by atoms with van der Waals surface area (Å²) >= 11 is 2.21. The van der Waals surface area contributed by atoms with Crippen LogP contribution >= 0.6 is 22.6 Å². The number of rotatable bonds is 9. The third kappa shape index (κ3) is 7.00. The molecule has 1 N–H and O–H groups in total. The maximum atomic E-state index is 14.1. The topological polar surface area (TPSA) is 84.9 Å². The lowest BCUT2D eigenvalue weighted by molar-refractivity contribution is -0.120. The molecule has 240 valence electrons. The van der Waals surface area contributed by atoms with Gasteiger partial charge in [0.1, 0.15) is 0 Å². The Labute approximate surface area is 280 Å². The zero-order chi connectivity index (χ0) is 32.7. The quantitative estimate of drug-likeness (QED) is 0.263. The van der Waals surface area contributed by atoms with Crippen molar-refractivity contribution in [3.05, 3.63) is 73.6 Å². The number of halogens is 1. The Morgan fingerprint density at radius 1 is 0.911 bits per heavy atom. The molecule has 2 aromatic rings. The summed E-state index contributed by atoms with van der Waals surface area (Å²) in [6.45, 7) is 15.6. The molecule has 1 aliphatic heterocycles. The predicted molar refractivity (Wildman–Crippen MR) is 185 cm³/mol. The molecular weight excluding hydrogens is 679 g/mol. The number of hydrogen-bond donors (Lipinski definition) is 1. The molecule has 1 heterocycles. The van der Waals surface area contributed by atoms with E-state index in [4.69, 9.17) is 9.47 Å². The first-order valence-electron chi connectivity index (χ1n) is 16.0. The second-order valence-corrected chi connectivity index (χ2v) is 15.3. The van der Waals surface area contributed by atoms with Crippen LogP contribution in [0.2, 0.25) is 0 Å². The average molecular weight is 725 g/mol. The van der Waals surface area contributed by atoms with Crippen molar-refractivity contribution in [1.82, 2.24) is 4.90 Å². The van der Waals surface area contributed by atoms with Gasteiger partial charge in [0, 0.05) is 53.5 Å². The van der Waals surface area contributed by atoms with Crippen molar-refractivity contribution in [2.75, 3.05) is 25.1 Å².